The molecule has 0 aromatic rings. The lowest BCUT2D eigenvalue weighted by molar-refractivity contribution is -0.228. The number of hydrogen-bond donors (Lipinski definition) is 3. The van der Waals surface area contributed by atoms with Gasteiger partial charge in [0.25, 0.3) is 0 Å². The normalized spacial score (nSPS) is 35.7. The number of carbonyl (C=O) groups is 3. The second-order valence-electron chi connectivity index (χ2n) is 15.4. The highest BCUT2D eigenvalue weighted by Gasteiger charge is 2.87. The Balaban J connectivity index is 1.43. The van der Waals surface area contributed by atoms with Crippen LogP contribution in [0, 0.1) is 29.1 Å². The lowest BCUT2D eigenvalue weighted by Gasteiger charge is -2.53. The van der Waals surface area contributed by atoms with Crippen LogP contribution in [-0.4, -0.2) is 62.6 Å². The van der Waals surface area contributed by atoms with Crippen LogP contribution in [0.1, 0.15) is 138 Å². The first-order valence-corrected chi connectivity index (χ1v) is 18.1. The Kier molecular flexibility index (Phi) is 11.7. The van der Waals surface area contributed by atoms with Gasteiger partial charge < -0.3 is 24.8 Å². The molecule has 4 rings (SSSR count). The van der Waals surface area contributed by atoms with E-state index < -0.39 is 69.7 Å². The van der Waals surface area contributed by atoms with E-state index in [1.165, 1.54) is 64.7 Å². The molecule has 8 atom stereocenters. The number of ether oxygens (including phenoxy) is 2. The monoisotopic (exact) mass is 644 g/mol. The molecule has 4 aliphatic carbocycles. The molecule has 0 heterocycles. The van der Waals surface area contributed by atoms with E-state index in [1.807, 2.05) is 13.8 Å². The Labute approximate surface area is 276 Å². The van der Waals surface area contributed by atoms with E-state index in [4.69, 9.17) is 9.47 Å². The number of unbranched alkanes of at least 4 members (excludes halogenated alkanes) is 12. The maximum absolute atomic E-state index is 13.4. The van der Waals surface area contributed by atoms with Gasteiger partial charge in [-0.15, -0.1) is 0 Å². The van der Waals surface area contributed by atoms with Crippen molar-refractivity contribution in [2.24, 2.45) is 29.1 Å². The van der Waals surface area contributed by atoms with Crippen molar-refractivity contribution in [3.8, 4) is 0 Å². The van der Waals surface area contributed by atoms with Gasteiger partial charge in [-0.05, 0) is 24.5 Å². The lowest BCUT2D eigenvalue weighted by atomic mass is 9.59. The molecule has 0 aliphatic heterocycles. The number of hydrogen-bond acceptors (Lipinski definition) is 8. The summed E-state index contributed by atoms with van der Waals surface area (Å²) in [5, 5.41) is 34.8. The first kappa shape index (κ1) is 36.8. The number of aliphatic hydroxyl groups is 3. The Bertz CT molecular complexity index is 1190. The molecule has 0 bridgehead atoms. The summed E-state index contributed by atoms with van der Waals surface area (Å²) in [7, 11) is 0. The summed E-state index contributed by atoms with van der Waals surface area (Å²) in [5.41, 5.74) is -4.71. The van der Waals surface area contributed by atoms with Crippen LogP contribution in [0.25, 0.3) is 0 Å². The van der Waals surface area contributed by atoms with E-state index in [2.05, 4.69) is 6.92 Å². The summed E-state index contributed by atoms with van der Waals surface area (Å²) in [6, 6.07) is 0. The molecule has 2 saturated carbocycles. The van der Waals surface area contributed by atoms with Gasteiger partial charge in [-0.3, -0.25) is 14.4 Å². The molecular formula is C38H60O8. The number of fused-ring (bicyclic) bond motifs is 5. The molecule has 0 aromatic carbocycles. The van der Waals surface area contributed by atoms with Crippen LogP contribution in [0.15, 0.2) is 23.3 Å². The average molecular weight is 645 g/mol. The fourth-order valence-electron chi connectivity index (χ4n) is 9.55. The van der Waals surface area contributed by atoms with Crippen LogP contribution in [0.4, 0.5) is 0 Å². The number of carbonyl (C=O) groups excluding carboxylic acids is 3. The number of rotatable bonds is 17. The van der Waals surface area contributed by atoms with Crippen LogP contribution >= 0.6 is 0 Å². The van der Waals surface area contributed by atoms with Crippen molar-refractivity contribution in [3.63, 3.8) is 0 Å². The molecule has 46 heavy (non-hydrogen) atoms. The second-order valence-corrected chi connectivity index (χ2v) is 15.4. The van der Waals surface area contributed by atoms with Crippen molar-refractivity contribution in [1.29, 1.82) is 0 Å². The van der Waals surface area contributed by atoms with Crippen LogP contribution in [0.5, 0.6) is 0 Å². The van der Waals surface area contributed by atoms with Gasteiger partial charge in [-0.2, -0.15) is 0 Å². The Hall–Kier alpha value is -2.03. The fourth-order valence-corrected chi connectivity index (χ4v) is 9.55. The van der Waals surface area contributed by atoms with Gasteiger partial charge >= 0.3 is 11.9 Å². The minimum absolute atomic E-state index is 0.108. The average Bonchev–Trinajstić information content (AvgIpc) is 3.42. The van der Waals surface area contributed by atoms with Crippen molar-refractivity contribution >= 4 is 17.7 Å². The Morgan fingerprint density at radius 1 is 0.913 bits per heavy atom. The first-order chi connectivity index (χ1) is 21.7. The molecule has 0 saturated heterocycles. The molecule has 3 N–H and O–H groups in total. The van der Waals surface area contributed by atoms with Crippen LogP contribution in [0.3, 0.4) is 0 Å². The van der Waals surface area contributed by atoms with E-state index in [9.17, 15) is 29.7 Å². The lowest BCUT2D eigenvalue weighted by Crippen LogP contribution is -2.66. The third-order valence-electron chi connectivity index (χ3n) is 12.0. The minimum Gasteiger partial charge on any atom is -0.458 e. The maximum Gasteiger partial charge on any atom is 0.306 e. The van der Waals surface area contributed by atoms with E-state index in [1.54, 1.807) is 26.0 Å². The first-order valence-electron chi connectivity index (χ1n) is 18.1. The highest BCUT2D eigenvalue weighted by molar-refractivity contribution is 6.04. The molecule has 0 aromatic heterocycles. The van der Waals surface area contributed by atoms with Gasteiger partial charge in [-0.1, -0.05) is 117 Å². The summed E-state index contributed by atoms with van der Waals surface area (Å²) in [6.07, 6.45) is 18.2. The molecule has 0 radical (unpaired) electrons. The third kappa shape index (κ3) is 6.52. The summed E-state index contributed by atoms with van der Waals surface area (Å²) in [6.45, 7) is 10.5. The van der Waals surface area contributed by atoms with E-state index >= 15 is 0 Å². The van der Waals surface area contributed by atoms with E-state index in [0.29, 0.717) is 17.6 Å². The van der Waals surface area contributed by atoms with Crippen LogP contribution in [-0.2, 0) is 23.9 Å². The predicted octanol–water partition coefficient (Wildman–Crippen LogP) is 6.53. The van der Waals surface area contributed by atoms with E-state index in [-0.39, 0.29) is 19.4 Å². The predicted molar refractivity (Wildman–Crippen MR) is 177 cm³/mol. The molecule has 0 spiro atoms. The standard InChI is InChI=1S/C38H60O8/c1-7-8-9-10-11-12-13-14-15-16-17-18-19-20-31(41)45-34-26(3)37(44)29(32-35(5,6)38(32,34)46-27(4)40)22-28(24-39)23-36(43)30(37)21-25(2)33(36)42/h21-22,26,29-30,32,34,39,43-44H,7-20,23-24H2,1-6H3/t26-,29+,30-,32+,34-,36-,37-,38-/m1/s1. The summed E-state index contributed by atoms with van der Waals surface area (Å²) < 4.78 is 12.3. The van der Waals surface area contributed by atoms with Gasteiger partial charge in [0.05, 0.1) is 12.2 Å². The maximum atomic E-state index is 13.4. The molecule has 8 nitrogen and oxygen atoms in total. The number of esters is 2. The SMILES string of the molecule is CCCCCCCCCCCCCCCC(=O)O[C@@H]1[C@@H](C)[C@@]2(O)[C@@H](C=C(CO)C[C@]3(O)C(=O)C(C)=C[C@@H]23)[C@H]2C(C)(C)[C@]12OC(C)=O. The second kappa shape index (κ2) is 14.6. The highest BCUT2D eigenvalue weighted by atomic mass is 16.6. The van der Waals surface area contributed by atoms with Crippen molar-refractivity contribution in [2.75, 3.05) is 6.61 Å². The molecular weight excluding hydrogens is 584 g/mol. The van der Waals surface area contributed by atoms with Gasteiger partial charge in [0, 0.05) is 48.9 Å². The van der Waals surface area contributed by atoms with Crippen molar-refractivity contribution in [3.05, 3.63) is 23.3 Å². The zero-order chi connectivity index (χ0) is 33.9. The van der Waals surface area contributed by atoms with Crippen molar-refractivity contribution < 1.29 is 39.2 Å². The quantitative estimate of drug-likeness (QED) is 0.0926. The Morgan fingerprint density at radius 2 is 1.46 bits per heavy atom. The number of ketones is 1. The molecule has 4 aliphatic rings. The zero-order valence-corrected chi connectivity index (χ0v) is 29.2. The van der Waals surface area contributed by atoms with Gasteiger partial charge in [-0.25, -0.2) is 0 Å². The fraction of sp³-hybridized carbons (Fsp3) is 0.816. The molecule has 2 fully saturated rings. The minimum atomic E-state index is -1.93. The Morgan fingerprint density at radius 3 is 1.98 bits per heavy atom. The molecule has 0 unspecified atom stereocenters. The van der Waals surface area contributed by atoms with Crippen molar-refractivity contribution in [1.82, 2.24) is 0 Å². The third-order valence-corrected chi connectivity index (χ3v) is 12.0. The van der Waals surface area contributed by atoms with Gasteiger partial charge in [0.2, 0.25) is 0 Å². The zero-order valence-electron chi connectivity index (χ0n) is 29.2. The molecule has 260 valence electrons. The summed E-state index contributed by atoms with van der Waals surface area (Å²) in [4.78, 5) is 39.2. The topological polar surface area (TPSA) is 130 Å². The smallest absolute Gasteiger partial charge is 0.306 e. The van der Waals surface area contributed by atoms with Gasteiger partial charge in [0.15, 0.2) is 11.4 Å². The van der Waals surface area contributed by atoms with E-state index in [0.717, 1.165) is 19.3 Å². The highest BCUT2D eigenvalue weighted by Crippen LogP contribution is 2.77. The van der Waals surface area contributed by atoms with Gasteiger partial charge in [0.1, 0.15) is 11.7 Å². The van der Waals surface area contributed by atoms with Crippen LogP contribution < -0.4 is 0 Å². The van der Waals surface area contributed by atoms with Crippen LogP contribution in [0.2, 0.25) is 0 Å². The summed E-state index contributed by atoms with van der Waals surface area (Å²) in [5.74, 6) is -4.29. The molecule has 8 heteroatoms. The summed E-state index contributed by atoms with van der Waals surface area (Å²) >= 11 is 0. The number of Topliss-reactive ketones (excluding diaryl/α,β-unsaturated/α-hetero) is 1. The molecule has 0 amide bonds. The number of aliphatic hydroxyl groups excluding tert-OH is 1. The van der Waals surface area contributed by atoms with Crippen molar-refractivity contribution in [2.45, 2.75) is 161 Å². The largest absolute Gasteiger partial charge is 0.458 e.